The normalized spacial score (nSPS) is 12.4. The summed E-state index contributed by atoms with van der Waals surface area (Å²) in [5.41, 5.74) is 2.69. The number of nitrogens with zero attached hydrogens (tertiary/aromatic N) is 1. The number of benzene rings is 1. The molecule has 2 nitrogen and oxygen atoms in total. The largest absolute Gasteiger partial charge is 0.386 e. The van der Waals surface area contributed by atoms with Gasteiger partial charge in [-0.05, 0) is 52.2 Å². The Kier molecular flexibility index (Phi) is 4.38. The summed E-state index contributed by atoms with van der Waals surface area (Å²) in [4.78, 5) is 4.18. The molecule has 0 aliphatic heterocycles. The fourth-order valence-corrected chi connectivity index (χ4v) is 2.26. The summed E-state index contributed by atoms with van der Waals surface area (Å²) < 4.78 is 0.895. The van der Waals surface area contributed by atoms with Crippen LogP contribution in [0.15, 0.2) is 41.0 Å². The summed E-state index contributed by atoms with van der Waals surface area (Å²) in [7, 11) is 0. The second-order valence-electron chi connectivity index (χ2n) is 4.22. The lowest BCUT2D eigenvalue weighted by molar-refractivity contribution is 0.173. The lowest BCUT2D eigenvalue weighted by Crippen LogP contribution is -2.04. The predicted octanol–water partition coefficient (Wildman–Crippen LogP) is 4.08. The highest BCUT2D eigenvalue weighted by atomic mass is 79.9. The third-order valence-electron chi connectivity index (χ3n) is 2.71. The van der Waals surface area contributed by atoms with Gasteiger partial charge in [0.1, 0.15) is 0 Å². The third-order valence-corrected chi connectivity index (χ3v) is 3.53. The molecule has 0 spiro atoms. The summed E-state index contributed by atoms with van der Waals surface area (Å²) in [5.74, 6) is 0. The van der Waals surface area contributed by atoms with Gasteiger partial charge in [0.2, 0.25) is 0 Å². The highest BCUT2D eigenvalue weighted by Gasteiger charge is 2.12. The van der Waals surface area contributed by atoms with E-state index in [1.165, 1.54) is 0 Å². The molecule has 0 radical (unpaired) electrons. The Morgan fingerprint density at radius 3 is 2.72 bits per heavy atom. The summed E-state index contributed by atoms with van der Waals surface area (Å²) >= 11 is 9.46. The lowest BCUT2D eigenvalue weighted by Gasteiger charge is -2.11. The Morgan fingerprint density at radius 2 is 2.11 bits per heavy atom. The van der Waals surface area contributed by atoms with Crippen LogP contribution in [-0.2, 0) is 6.42 Å². The number of pyridine rings is 1. The average Bonchev–Trinajstić information content (AvgIpc) is 2.33. The maximum Gasteiger partial charge on any atom is 0.1000 e. The molecular formula is C14H13BrClNO. The fourth-order valence-electron chi connectivity index (χ4n) is 1.72. The van der Waals surface area contributed by atoms with Gasteiger partial charge in [-0.15, -0.1) is 0 Å². The van der Waals surface area contributed by atoms with Gasteiger partial charge in [-0.25, -0.2) is 0 Å². The SMILES string of the molecule is Cc1ccc(CC(O)c2ccc(Br)cn2)c(Cl)c1. The number of aromatic nitrogens is 1. The van der Waals surface area contributed by atoms with E-state index in [4.69, 9.17) is 11.6 Å². The molecule has 1 aromatic heterocycles. The van der Waals surface area contributed by atoms with E-state index in [1.807, 2.05) is 31.2 Å². The molecule has 0 fully saturated rings. The highest BCUT2D eigenvalue weighted by Crippen LogP contribution is 2.24. The molecule has 1 aromatic carbocycles. The van der Waals surface area contributed by atoms with Gasteiger partial charge in [-0.3, -0.25) is 4.98 Å². The molecule has 18 heavy (non-hydrogen) atoms. The lowest BCUT2D eigenvalue weighted by atomic mass is 10.0. The molecule has 0 saturated heterocycles. The van der Waals surface area contributed by atoms with Gasteiger partial charge in [-0.2, -0.15) is 0 Å². The maximum atomic E-state index is 10.1. The van der Waals surface area contributed by atoms with Crippen LogP contribution in [0.4, 0.5) is 0 Å². The molecule has 1 heterocycles. The van der Waals surface area contributed by atoms with E-state index < -0.39 is 6.10 Å². The maximum absolute atomic E-state index is 10.1. The highest BCUT2D eigenvalue weighted by molar-refractivity contribution is 9.10. The van der Waals surface area contributed by atoms with Crippen molar-refractivity contribution in [3.63, 3.8) is 0 Å². The van der Waals surface area contributed by atoms with Crippen molar-refractivity contribution in [1.82, 2.24) is 4.98 Å². The first kappa shape index (κ1) is 13.5. The van der Waals surface area contributed by atoms with Crippen LogP contribution in [0.2, 0.25) is 5.02 Å². The minimum Gasteiger partial charge on any atom is -0.386 e. The van der Waals surface area contributed by atoms with Crippen molar-refractivity contribution in [3.05, 3.63) is 62.8 Å². The molecule has 2 rings (SSSR count). The minimum atomic E-state index is -0.640. The second-order valence-corrected chi connectivity index (χ2v) is 5.54. The van der Waals surface area contributed by atoms with Gasteiger partial charge in [0.15, 0.2) is 0 Å². The van der Waals surface area contributed by atoms with E-state index in [2.05, 4.69) is 20.9 Å². The molecule has 1 N–H and O–H groups in total. The molecule has 0 saturated carbocycles. The fraction of sp³-hybridized carbons (Fsp3) is 0.214. The number of aliphatic hydroxyl groups is 1. The molecule has 0 aliphatic carbocycles. The Bertz CT molecular complexity index is 542. The predicted molar refractivity (Wildman–Crippen MR) is 76.8 cm³/mol. The summed E-state index contributed by atoms with van der Waals surface area (Å²) in [6, 6.07) is 9.50. The number of rotatable bonds is 3. The quantitative estimate of drug-likeness (QED) is 0.922. The van der Waals surface area contributed by atoms with Crippen LogP contribution in [-0.4, -0.2) is 10.1 Å². The molecule has 94 valence electrons. The zero-order valence-electron chi connectivity index (χ0n) is 9.90. The summed E-state index contributed by atoms with van der Waals surface area (Å²) in [6.45, 7) is 1.99. The van der Waals surface area contributed by atoms with Gasteiger partial charge in [0.05, 0.1) is 11.8 Å². The van der Waals surface area contributed by atoms with Crippen LogP contribution in [0.1, 0.15) is 22.9 Å². The van der Waals surface area contributed by atoms with E-state index >= 15 is 0 Å². The van der Waals surface area contributed by atoms with Crippen LogP contribution in [0.3, 0.4) is 0 Å². The van der Waals surface area contributed by atoms with Crippen LogP contribution < -0.4 is 0 Å². The molecule has 0 amide bonds. The minimum absolute atomic E-state index is 0.466. The van der Waals surface area contributed by atoms with Crippen molar-refractivity contribution < 1.29 is 5.11 Å². The number of halogens is 2. The average molecular weight is 327 g/mol. The third kappa shape index (κ3) is 3.31. The van der Waals surface area contributed by atoms with E-state index in [9.17, 15) is 5.11 Å². The van der Waals surface area contributed by atoms with Gasteiger partial charge in [-0.1, -0.05) is 23.7 Å². The van der Waals surface area contributed by atoms with E-state index in [1.54, 1.807) is 12.3 Å². The standard InChI is InChI=1S/C14H13BrClNO/c1-9-2-3-10(12(16)6-9)7-14(18)13-5-4-11(15)8-17-13/h2-6,8,14,18H,7H2,1H3. The Balaban J connectivity index is 2.15. The van der Waals surface area contributed by atoms with Crippen molar-refractivity contribution >= 4 is 27.5 Å². The molecule has 0 aliphatic rings. The number of aliphatic hydroxyl groups excluding tert-OH is 1. The number of aryl methyl sites for hydroxylation is 1. The van der Waals surface area contributed by atoms with Crippen molar-refractivity contribution in [2.45, 2.75) is 19.4 Å². The van der Waals surface area contributed by atoms with Crippen LogP contribution in [0, 0.1) is 6.92 Å². The van der Waals surface area contributed by atoms with Crippen LogP contribution >= 0.6 is 27.5 Å². The summed E-state index contributed by atoms with van der Waals surface area (Å²) in [5, 5.41) is 10.8. The van der Waals surface area contributed by atoms with Gasteiger partial charge < -0.3 is 5.11 Å². The Labute approximate surface area is 120 Å². The first-order valence-corrected chi connectivity index (χ1v) is 6.78. The van der Waals surface area contributed by atoms with Crippen molar-refractivity contribution in [2.24, 2.45) is 0 Å². The first-order valence-electron chi connectivity index (χ1n) is 5.61. The van der Waals surface area contributed by atoms with Crippen molar-refractivity contribution in [1.29, 1.82) is 0 Å². The zero-order valence-corrected chi connectivity index (χ0v) is 12.2. The Hall–Kier alpha value is -0.900. The van der Waals surface area contributed by atoms with E-state index in [-0.39, 0.29) is 0 Å². The molecular weight excluding hydrogens is 314 g/mol. The molecule has 0 bridgehead atoms. The molecule has 4 heteroatoms. The number of hydrogen-bond acceptors (Lipinski definition) is 2. The van der Waals surface area contributed by atoms with Crippen molar-refractivity contribution in [3.8, 4) is 0 Å². The molecule has 1 unspecified atom stereocenters. The molecule has 2 aromatic rings. The monoisotopic (exact) mass is 325 g/mol. The van der Waals surface area contributed by atoms with Gasteiger partial charge >= 0.3 is 0 Å². The van der Waals surface area contributed by atoms with Gasteiger partial charge in [0, 0.05) is 22.1 Å². The smallest absolute Gasteiger partial charge is 0.1000 e. The molecule has 1 atom stereocenters. The Morgan fingerprint density at radius 1 is 1.33 bits per heavy atom. The number of hydrogen-bond donors (Lipinski definition) is 1. The van der Waals surface area contributed by atoms with Crippen LogP contribution in [0.5, 0.6) is 0 Å². The summed E-state index contributed by atoms with van der Waals surface area (Å²) in [6.07, 6.45) is 1.50. The van der Waals surface area contributed by atoms with E-state index in [0.29, 0.717) is 17.1 Å². The van der Waals surface area contributed by atoms with Gasteiger partial charge in [0.25, 0.3) is 0 Å². The van der Waals surface area contributed by atoms with E-state index in [0.717, 1.165) is 15.6 Å². The van der Waals surface area contributed by atoms with Crippen molar-refractivity contribution in [2.75, 3.05) is 0 Å². The topological polar surface area (TPSA) is 33.1 Å². The second kappa shape index (κ2) is 5.83. The zero-order chi connectivity index (χ0) is 13.1. The van der Waals surface area contributed by atoms with Crippen LogP contribution in [0.25, 0.3) is 0 Å². The first-order chi connectivity index (χ1) is 8.56.